The summed E-state index contributed by atoms with van der Waals surface area (Å²) in [5, 5.41) is 46.6. The molecule has 2 rings (SSSR count). The number of aliphatic carboxylic acids is 2. The number of benzene rings is 1. The number of aromatic amines is 1. The first kappa shape index (κ1) is 27.0. The van der Waals surface area contributed by atoms with Crippen LogP contribution in [0, 0.1) is 0 Å². The number of quaternary nitrogens is 2. The first-order valence-electron chi connectivity index (χ1n) is 9.88. The SMILES string of the molecule is [NH3+]C(CO)(CO)CO.[NH3+][C@H](CCC(=O)N[C@H](Cc1c[nH]c2ccccc12)C(=O)O)C(=O)O. The predicted molar refractivity (Wildman–Crippen MR) is 112 cm³/mol. The van der Waals surface area contributed by atoms with Gasteiger partial charge in [-0.25, -0.2) is 9.59 Å². The van der Waals surface area contributed by atoms with Crippen molar-refractivity contribution >= 4 is 28.7 Å². The van der Waals surface area contributed by atoms with Gasteiger partial charge in [-0.15, -0.1) is 0 Å². The largest absolute Gasteiger partial charge is 0.480 e. The number of carbonyl (C=O) groups excluding carboxylic acids is 1. The molecule has 0 aliphatic heterocycles. The minimum absolute atomic E-state index is 0.0561. The number of hydrogen-bond donors (Lipinski definition) is 9. The number of aliphatic hydroxyl groups is 3. The number of aliphatic hydroxyl groups excluding tert-OH is 3. The highest BCUT2D eigenvalue weighted by Crippen LogP contribution is 2.19. The van der Waals surface area contributed by atoms with Gasteiger partial charge in [0.1, 0.15) is 25.9 Å². The molecule has 0 unspecified atom stereocenters. The summed E-state index contributed by atoms with van der Waals surface area (Å²) in [7, 11) is 0. The maximum absolute atomic E-state index is 11.9. The highest BCUT2D eigenvalue weighted by molar-refractivity contribution is 5.87. The molecule has 1 amide bonds. The van der Waals surface area contributed by atoms with Crippen molar-refractivity contribution < 1.29 is 51.4 Å². The lowest BCUT2D eigenvalue weighted by molar-refractivity contribution is -0.494. The molecule has 0 bridgehead atoms. The summed E-state index contributed by atoms with van der Waals surface area (Å²) >= 11 is 0. The molecule has 0 fully saturated rings. The number of hydrogen-bond acceptors (Lipinski definition) is 6. The number of carboxylic acids is 2. The smallest absolute Gasteiger partial charge is 0.362 e. The van der Waals surface area contributed by atoms with Crippen molar-refractivity contribution in [1.82, 2.24) is 10.3 Å². The molecule has 2 aromatic rings. The lowest BCUT2D eigenvalue weighted by Gasteiger charge is -2.16. The molecular weight excluding hydrogens is 424 g/mol. The van der Waals surface area contributed by atoms with Crippen molar-refractivity contribution in [3.8, 4) is 0 Å². The Morgan fingerprint density at radius 3 is 2.12 bits per heavy atom. The summed E-state index contributed by atoms with van der Waals surface area (Å²) in [4.78, 5) is 37.0. The van der Waals surface area contributed by atoms with Gasteiger partial charge in [-0.05, 0) is 11.6 Å². The molecule has 12 heteroatoms. The monoisotopic (exact) mass is 456 g/mol. The first-order valence-corrected chi connectivity index (χ1v) is 9.88. The van der Waals surface area contributed by atoms with E-state index in [0.717, 1.165) is 16.5 Å². The molecule has 1 aromatic heterocycles. The van der Waals surface area contributed by atoms with E-state index >= 15 is 0 Å². The van der Waals surface area contributed by atoms with E-state index in [2.05, 4.69) is 21.8 Å². The zero-order chi connectivity index (χ0) is 24.3. The Hall–Kier alpha value is -3.03. The summed E-state index contributed by atoms with van der Waals surface area (Å²) < 4.78 is 0. The molecule has 1 heterocycles. The number of nitrogens with one attached hydrogen (secondary N) is 2. The molecule has 12 nitrogen and oxygen atoms in total. The number of H-pyrrole nitrogens is 1. The van der Waals surface area contributed by atoms with Crippen molar-refractivity contribution in [3.05, 3.63) is 36.0 Å². The van der Waals surface area contributed by atoms with Crippen LogP contribution in [0.1, 0.15) is 18.4 Å². The van der Waals surface area contributed by atoms with E-state index in [1.165, 1.54) is 0 Å². The fraction of sp³-hybridized carbons (Fsp3) is 0.450. The van der Waals surface area contributed by atoms with Gasteiger partial charge in [-0.2, -0.15) is 0 Å². The van der Waals surface area contributed by atoms with Gasteiger partial charge in [-0.1, -0.05) is 18.2 Å². The van der Waals surface area contributed by atoms with Crippen molar-refractivity contribution in [2.45, 2.75) is 36.9 Å². The van der Waals surface area contributed by atoms with E-state index in [-0.39, 0.29) is 39.1 Å². The summed E-state index contributed by atoms with van der Waals surface area (Å²) in [5.74, 6) is -2.73. The van der Waals surface area contributed by atoms with Crippen molar-refractivity contribution in [2.24, 2.45) is 0 Å². The Bertz CT molecular complexity index is 888. The number of rotatable bonds is 11. The lowest BCUT2D eigenvalue weighted by Crippen LogP contribution is -2.78. The van der Waals surface area contributed by atoms with Gasteiger partial charge in [0.25, 0.3) is 0 Å². The number of aromatic nitrogens is 1. The second-order valence-electron chi connectivity index (χ2n) is 7.57. The second kappa shape index (κ2) is 12.7. The Morgan fingerprint density at radius 2 is 1.62 bits per heavy atom. The van der Waals surface area contributed by atoms with Gasteiger partial charge in [0, 0.05) is 36.4 Å². The average Bonchev–Trinajstić information content (AvgIpc) is 3.19. The molecular formula is C20H32N4O8+2. The van der Waals surface area contributed by atoms with Crippen molar-refractivity contribution in [1.29, 1.82) is 0 Å². The van der Waals surface area contributed by atoms with Gasteiger partial charge in [0.05, 0.1) is 0 Å². The molecule has 0 spiro atoms. The van der Waals surface area contributed by atoms with Crippen LogP contribution in [-0.2, 0) is 20.8 Å². The zero-order valence-corrected chi connectivity index (χ0v) is 17.7. The van der Waals surface area contributed by atoms with E-state index in [1.54, 1.807) is 6.20 Å². The van der Waals surface area contributed by atoms with Crippen LogP contribution in [0.5, 0.6) is 0 Å². The molecule has 0 aliphatic carbocycles. The van der Waals surface area contributed by atoms with Crippen molar-refractivity contribution in [3.63, 3.8) is 0 Å². The zero-order valence-electron chi connectivity index (χ0n) is 17.7. The standard InChI is InChI=1S/C16H19N3O5.C4H11NO3/c17-11(15(21)22)5-6-14(20)19-13(16(23)24)7-9-8-18-12-4-2-1-3-10(9)12;5-4(1-6,2-7)3-8/h1-4,8,11,13,18H,5-7,17H2,(H,19,20)(H,21,22)(H,23,24);6-8H,1-3,5H2/p+2/t11-,13-;/m1./s1. The molecule has 1 aromatic carbocycles. The molecule has 2 atom stereocenters. The minimum Gasteiger partial charge on any atom is -0.480 e. The van der Waals surface area contributed by atoms with E-state index in [0.29, 0.717) is 0 Å². The molecule has 32 heavy (non-hydrogen) atoms. The van der Waals surface area contributed by atoms with Crippen LogP contribution in [0.3, 0.4) is 0 Å². The van der Waals surface area contributed by atoms with E-state index in [4.69, 9.17) is 20.4 Å². The average molecular weight is 456 g/mol. The van der Waals surface area contributed by atoms with Crippen LogP contribution in [0.25, 0.3) is 10.9 Å². The number of para-hydroxylation sites is 1. The molecule has 0 saturated carbocycles. The number of carboxylic acid groups (broad SMARTS) is 2. The molecule has 178 valence electrons. The molecule has 13 N–H and O–H groups in total. The number of fused-ring (bicyclic) bond motifs is 1. The first-order chi connectivity index (χ1) is 15.1. The van der Waals surface area contributed by atoms with E-state index < -0.39 is 35.5 Å². The van der Waals surface area contributed by atoms with Crippen LogP contribution >= 0.6 is 0 Å². The summed E-state index contributed by atoms with van der Waals surface area (Å²) in [6.07, 6.45) is 1.83. The highest BCUT2D eigenvalue weighted by Gasteiger charge is 2.26. The topological polar surface area (TPSA) is 235 Å². The lowest BCUT2D eigenvalue weighted by atomic mass is 10.0. The third kappa shape index (κ3) is 8.24. The van der Waals surface area contributed by atoms with Gasteiger partial charge in [0.2, 0.25) is 5.91 Å². The maximum atomic E-state index is 11.9. The third-order valence-corrected chi connectivity index (χ3v) is 4.81. The van der Waals surface area contributed by atoms with Gasteiger partial charge in [0.15, 0.2) is 11.6 Å². The quantitative estimate of drug-likeness (QED) is 0.166. The van der Waals surface area contributed by atoms with Gasteiger partial charge < -0.3 is 47.3 Å². The van der Waals surface area contributed by atoms with Crippen LogP contribution in [0.15, 0.2) is 30.5 Å². The molecule has 0 saturated heterocycles. The van der Waals surface area contributed by atoms with Crippen LogP contribution in [0.4, 0.5) is 0 Å². The Morgan fingerprint density at radius 1 is 1.03 bits per heavy atom. The van der Waals surface area contributed by atoms with Gasteiger partial charge >= 0.3 is 11.9 Å². The van der Waals surface area contributed by atoms with Gasteiger partial charge in [-0.3, -0.25) is 4.79 Å². The number of amides is 1. The minimum atomic E-state index is -1.14. The third-order valence-electron chi connectivity index (χ3n) is 4.81. The van der Waals surface area contributed by atoms with Crippen LogP contribution in [0.2, 0.25) is 0 Å². The van der Waals surface area contributed by atoms with Crippen molar-refractivity contribution in [2.75, 3.05) is 19.8 Å². The van der Waals surface area contributed by atoms with E-state index in [1.807, 2.05) is 24.3 Å². The Kier molecular flexibility index (Phi) is 10.7. The van der Waals surface area contributed by atoms with Crippen LogP contribution < -0.4 is 16.8 Å². The highest BCUT2D eigenvalue weighted by atomic mass is 16.4. The predicted octanol–water partition coefficient (Wildman–Crippen LogP) is -3.30. The Labute approximate surface area is 183 Å². The second-order valence-corrected chi connectivity index (χ2v) is 7.57. The summed E-state index contributed by atoms with van der Waals surface area (Å²) in [6.45, 7) is -0.875. The summed E-state index contributed by atoms with van der Waals surface area (Å²) in [6, 6.07) is 5.51. The summed E-state index contributed by atoms with van der Waals surface area (Å²) in [5.41, 5.74) is 7.52. The molecule has 0 aliphatic rings. The fourth-order valence-electron chi connectivity index (χ4n) is 2.57. The fourth-order valence-corrected chi connectivity index (χ4v) is 2.57. The molecule has 0 radical (unpaired) electrons. The maximum Gasteiger partial charge on any atom is 0.362 e. The van der Waals surface area contributed by atoms with E-state index in [9.17, 15) is 19.5 Å². The normalized spacial score (nSPS) is 13.0. The Balaban J connectivity index is 0.000000547. The number of carbonyl (C=O) groups is 3. The van der Waals surface area contributed by atoms with Crippen LogP contribution in [-0.4, -0.2) is 85.8 Å².